The molecule has 0 N–H and O–H groups in total. The molecule has 0 spiro atoms. The van der Waals surface area contributed by atoms with Gasteiger partial charge in [-0.15, -0.1) is 0 Å². The van der Waals surface area contributed by atoms with Crippen molar-refractivity contribution in [1.82, 2.24) is 0 Å². The Balaban J connectivity index is 5.24. The maximum atomic E-state index is 11.5. The molecule has 0 rings (SSSR count). The first-order valence-corrected chi connectivity index (χ1v) is 8.03. The highest BCUT2D eigenvalue weighted by Crippen LogP contribution is 2.27. The quantitative estimate of drug-likeness (QED) is 0.278. The van der Waals surface area contributed by atoms with Crippen LogP contribution in [0.3, 0.4) is 0 Å². The predicted molar refractivity (Wildman–Crippen MR) is 105 cm³/mol. The van der Waals surface area contributed by atoms with E-state index < -0.39 is 0 Å². The van der Waals surface area contributed by atoms with Gasteiger partial charge in [-0.05, 0) is 49.5 Å². The fourth-order valence-corrected chi connectivity index (χ4v) is 1.92. The molecule has 0 saturated carbocycles. The van der Waals surface area contributed by atoms with Crippen molar-refractivity contribution in [2.24, 2.45) is 0 Å². The summed E-state index contributed by atoms with van der Waals surface area (Å²) in [6, 6.07) is 0. The van der Waals surface area contributed by atoms with Gasteiger partial charge in [0.25, 0.3) is 0 Å². The summed E-state index contributed by atoms with van der Waals surface area (Å²) in [6.45, 7) is 27.6. The smallest absolute Gasteiger partial charge is 0.333 e. The first-order valence-electron chi connectivity index (χ1n) is 8.03. The normalized spacial score (nSPS) is 11.7. The summed E-state index contributed by atoms with van der Waals surface area (Å²) in [5.74, 6) is -0.383. The van der Waals surface area contributed by atoms with Crippen LogP contribution in [-0.2, 0) is 9.53 Å². The molecule has 0 aliphatic carbocycles. The Morgan fingerprint density at radius 2 is 1.54 bits per heavy atom. The molecule has 0 bridgehead atoms. The molecule has 0 atom stereocenters. The minimum absolute atomic E-state index is 0.268. The van der Waals surface area contributed by atoms with E-state index in [1.54, 1.807) is 6.92 Å². The second kappa shape index (κ2) is 10.4. The lowest BCUT2D eigenvalue weighted by molar-refractivity contribution is -0.138. The number of allylic oxidation sites excluding steroid dienone is 7. The minimum atomic E-state index is -0.383. The van der Waals surface area contributed by atoms with Gasteiger partial charge in [0.2, 0.25) is 0 Å². The molecule has 0 aliphatic heterocycles. The summed E-state index contributed by atoms with van der Waals surface area (Å²) < 4.78 is 5.20. The van der Waals surface area contributed by atoms with Crippen molar-refractivity contribution in [2.45, 2.75) is 40.5 Å². The summed E-state index contributed by atoms with van der Waals surface area (Å²) in [5.41, 5.74) is 6.00. The highest BCUT2D eigenvalue weighted by atomic mass is 16.5. The second-order valence-corrected chi connectivity index (χ2v) is 5.98. The van der Waals surface area contributed by atoms with Crippen LogP contribution in [0.15, 0.2) is 84.1 Å². The Labute approximate surface area is 147 Å². The molecule has 0 aromatic heterocycles. The van der Waals surface area contributed by atoms with E-state index in [4.69, 9.17) is 4.74 Å². The van der Waals surface area contributed by atoms with Crippen molar-refractivity contribution in [3.05, 3.63) is 84.1 Å². The Morgan fingerprint density at radius 3 is 2.00 bits per heavy atom. The van der Waals surface area contributed by atoms with Crippen molar-refractivity contribution >= 4 is 5.97 Å². The molecule has 0 aromatic rings. The summed E-state index contributed by atoms with van der Waals surface area (Å²) in [6.07, 6.45) is 5.36. The zero-order chi connectivity index (χ0) is 18.9. The van der Waals surface area contributed by atoms with Crippen LogP contribution in [0.25, 0.3) is 0 Å². The van der Waals surface area contributed by atoms with Gasteiger partial charge in [0, 0.05) is 12.0 Å². The first-order chi connectivity index (χ1) is 11.1. The van der Waals surface area contributed by atoms with Crippen LogP contribution in [0.1, 0.15) is 40.5 Å². The van der Waals surface area contributed by atoms with Gasteiger partial charge in [-0.3, -0.25) is 0 Å². The number of carbonyl (C=O) groups is 1. The number of hydrogen-bond acceptors (Lipinski definition) is 2. The monoisotopic (exact) mass is 326 g/mol. The molecule has 0 fully saturated rings. The van der Waals surface area contributed by atoms with Crippen molar-refractivity contribution in [1.29, 1.82) is 0 Å². The number of carbonyl (C=O) groups excluding carboxylic acids is 1. The third kappa shape index (κ3) is 7.77. The largest absolute Gasteiger partial charge is 0.462 e. The second-order valence-electron chi connectivity index (χ2n) is 5.98. The topological polar surface area (TPSA) is 26.3 Å². The van der Waals surface area contributed by atoms with Crippen LogP contribution in [0.5, 0.6) is 0 Å². The Hall–Kier alpha value is -2.35. The van der Waals surface area contributed by atoms with Crippen molar-refractivity contribution in [2.75, 3.05) is 6.61 Å². The number of hydrogen-bond donors (Lipinski definition) is 0. The number of ether oxygens (including phenoxy) is 1. The molecular weight excluding hydrogens is 296 g/mol. The summed E-state index contributed by atoms with van der Waals surface area (Å²) in [5, 5.41) is 0. The number of rotatable bonds is 10. The van der Waals surface area contributed by atoms with E-state index in [2.05, 4.69) is 32.9 Å². The van der Waals surface area contributed by atoms with E-state index in [1.807, 2.05) is 32.9 Å². The van der Waals surface area contributed by atoms with E-state index in [9.17, 15) is 4.79 Å². The zero-order valence-corrected chi connectivity index (χ0v) is 15.6. The number of esters is 1. The van der Waals surface area contributed by atoms with Crippen LogP contribution in [0.2, 0.25) is 0 Å². The molecule has 0 aromatic carbocycles. The molecular formula is C22H30O2. The van der Waals surface area contributed by atoms with Gasteiger partial charge in [-0.2, -0.15) is 0 Å². The lowest BCUT2D eigenvalue weighted by atomic mass is 9.91. The standard InChI is InChI=1S/C22H30O2/c1-10-17(6)14-21(11-12-24-22(23)16(4)5)20(9)19(8)18(7)13-15(2)3/h13-14H,2,4,6,8-12H2,1,3,5,7H3/b18-13-,21-14-. The van der Waals surface area contributed by atoms with Crippen LogP contribution in [-0.4, -0.2) is 12.6 Å². The van der Waals surface area contributed by atoms with Gasteiger partial charge < -0.3 is 4.74 Å². The third-order valence-corrected chi connectivity index (χ3v) is 3.48. The van der Waals surface area contributed by atoms with Gasteiger partial charge in [0.05, 0.1) is 6.61 Å². The lowest BCUT2D eigenvalue weighted by Crippen LogP contribution is -2.08. The fourth-order valence-electron chi connectivity index (χ4n) is 1.92. The average Bonchev–Trinajstić information content (AvgIpc) is 2.51. The summed E-state index contributed by atoms with van der Waals surface area (Å²) >= 11 is 0. The van der Waals surface area contributed by atoms with E-state index in [1.165, 1.54) is 0 Å². The highest BCUT2D eigenvalue weighted by Gasteiger charge is 2.11. The molecule has 2 nitrogen and oxygen atoms in total. The van der Waals surface area contributed by atoms with Crippen molar-refractivity contribution < 1.29 is 9.53 Å². The molecule has 2 heteroatoms. The molecule has 0 saturated heterocycles. The molecule has 0 radical (unpaired) electrons. The molecule has 0 unspecified atom stereocenters. The Kier molecular flexibility index (Phi) is 9.41. The van der Waals surface area contributed by atoms with Crippen LogP contribution >= 0.6 is 0 Å². The fraction of sp³-hybridized carbons (Fsp3) is 0.318. The van der Waals surface area contributed by atoms with Gasteiger partial charge in [-0.1, -0.05) is 63.1 Å². The van der Waals surface area contributed by atoms with E-state index in [0.29, 0.717) is 12.0 Å². The minimum Gasteiger partial charge on any atom is -0.462 e. The maximum Gasteiger partial charge on any atom is 0.333 e. The molecule has 24 heavy (non-hydrogen) atoms. The lowest BCUT2D eigenvalue weighted by Gasteiger charge is -2.15. The Morgan fingerprint density at radius 1 is 0.958 bits per heavy atom. The summed E-state index contributed by atoms with van der Waals surface area (Å²) in [7, 11) is 0. The predicted octanol–water partition coefficient (Wildman–Crippen LogP) is 6.02. The van der Waals surface area contributed by atoms with Gasteiger partial charge >= 0.3 is 5.97 Å². The molecule has 130 valence electrons. The average molecular weight is 326 g/mol. The SMILES string of the molecule is C=C(C)/C=C(/C)C(=C)C(=C)/C(=C\C(=C)CC)CCOC(=O)C(=C)C. The van der Waals surface area contributed by atoms with Crippen LogP contribution in [0.4, 0.5) is 0 Å². The first kappa shape index (κ1) is 21.6. The molecule has 0 amide bonds. The van der Waals surface area contributed by atoms with Crippen molar-refractivity contribution in [3.63, 3.8) is 0 Å². The third-order valence-electron chi connectivity index (χ3n) is 3.48. The zero-order valence-electron chi connectivity index (χ0n) is 15.6. The van der Waals surface area contributed by atoms with Gasteiger partial charge in [0.1, 0.15) is 0 Å². The van der Waals surface area contributed by atoms with Gasteiger partial charge in [0.15, 0.2) is 0 Å². The maximum absolute atomic E-state index is 11.5. The van der Waals surface area contributed by atoms with Gasteiger partial charge in [-0.25, -0.2) is 4.79 Å². The highest BCUT2D eigenvalue weighted by molar-refractivity contribution is 5.86. The Bertz CT molecular complexity index is 624. The molecule has 0 heterocycles. The van der Waals surface area contributed by atoms with Crippen LogP contribution < -0.4 is 0 Å². The van der Waals surface area contributed by atoms with E-state index in [-0.39, 0.29) is 12.6 Å². The molecule has 0 aliphatic rings. The van der Waals surface area contributed by atoms with E-state index >= 15 is 0 Å². The van der Waals surface area contributed by atoms with Crippen LogP contribution in [0, 0.1) is 0 Å². The summed E-state index contributed by atoms with van der Waals surface area (Å²) in [4.78, 5) is 11.5. The van der Waals surface area contributed by atoms with Crippen molar-refractivity contribution in [3.8, 4) is 0 Å². The van der Waals surface area contributed by atoms with E-state index in [0.717, 1.165) is 39.9 Å².